The molecule has 2 N–H and O–H groups in total. The Morgan fingerprint density at radius 1 is 1.19 bits per heavy atom. The zero-order chi connectivity index (χ0) is 12.1. The van der Waals surface area contributed by atoms with Gasteiger partial charge in [0.15, 0.2) is 0 Å². The molecule has 2 heteroatoms. The Kier molecular flexibility index (Phi) is 4.29. The summed E-state index contributed by atoms with van der Waals surface area (Å²) < 4.78 is 13.5. The minimum absolute atomic E-state index is 0.167. The Morgan fingerprint density at radius 3 is 2.50 bits per heavy atom. The molecule has 0 aliphatic carbocycles. The summed E-state index contributed by atoms with van der Waals surface area (Å²) in [6.07, 6.45) is 0.794. The van der Waals surface area contributed by atoms with Gasteiger partial charge in [-0.05, 0) is 35.6 Å². The number of hydrogen-bond acceptors (Lipinski definition) is 1. The molecule has 0 heterocycles. The highest BCUT2D eigenvalue weighted by molar-refractivity contribution is 5.89. The maximum absolute atomic E-state index is 13.5. The molecule has 0 bridgehead atoms. The predicted octanol–water partition coefficient (Wildman–Crippen LogP) is 4.15. The van der Waals surface area contributed by atoms with Gasteiger partial charge in [0.1, 0.15) is 5.82 Å². The molecular formula is C14H18FN. The summed E-state index contributed by atoms with van der Waals surface area (Å²) in [5, 5.41) is 1.58. The number of hydrogen-bond donors (Lipinski definition) is 1. The number of rotatable bonds is 1. The van der Waals surface area contributed by atoms with E-state index in [2.05, 4.69) is 0 Å². The molecule has 86 valence electrons. The molecule has 0 aromatic heterocycles. The average Bonchev–Trinajstić information content (AvgIpc) is 2.30. The lowest BCUT2D eigenvalue weighted by atomic mass is 10.0. The van der Waals surface area contributed by atoms with Gasteiger partial charge in [0.05, 0.1) is 0 Å². The normalized spacial score (nSPS) is 9.75. The molecular weight excluding hydrogens is 201 g/mol. The summed E-state index contributed by atoms with van der Waals surface area (Å²) in [5.74, 6) is -0.167. The standard InChI is InChI=1S/C12H12FN.C2H6/c1-2-8-6-10(14)7-9-4-3-5-11(13)12(8)9;1-2/h3-7H,2,14H2,1H3;1-2H3. The van der Waals surface area contributed by atoms with Gasteiger partial charge in [-0.15, -0.1) is 0 Å². The highest BCUT2D eigenvalue weighted by atomic mass is 19.1. The Bertz CT molecular complexity index is 477. The van der Waals surface area contributed by atoms with Gasteiger partial charge in [-0.1, -0.05) is 32.9 Å². The molecule has 0 atom stereocenters. The van der Waals surface area contributed by atoms with Crippen LogP contribution in [0.5, 0.6) is 0 Å². The van der Waals surface area contributed by atoms with Crippen LogP contribution >= 0.6 is 0 Å². The van der Waals surface area contributed by atoms with Crippen molar-refractivity contribution in [3.63, 3.8) is 0 Å². The van der Waals surface area contributed by atoms with E-state index in [0.717, 1.165) is 17.4 Å². The van der Waals surface area contributed by atoms with Gasteiger partial charge in [0.2, 0.25) is 0 Å². The molecule has 2 rings (SSSR count). The van der Waals surface area contributed by atoms with Crippen molar-refractivity contribution in [2.24, 2.45) is 0 Å². The molecule has 2 aromatic carbocycles. The second-order valence-electron chi connectivity index (χ2n) is 3.37. The highest BCUT2D eigenvalue weighted by Gasteiger charge is 2.05. The van der Waals surface area contributed by atoms with Crippen LogP contribution in [0.4, 0.5) is 10.1 Å². The second-order valence-corrected chi connectivity index (χ2v) is 3.37. The molecule has 0 amide bonds. The maximum Gasteiger partial charge on any atom is 0.131 e. The van der Waals surface area contributed by atoms with E-state index in [1.807, 2.05) is 32.9 Å². The van der Waals surface area contributed by atoms with Gasteiger partial charge in [-0.2, -0.15) is 0 Å². The minimum atomic E-state index is -0.167. The van der Waals surface area contributed by atoms with Crippen LogP contribution in [0.25, 0.3) is 10.8 Å². The summed E-state index contributed by atoms with van der Waals surface area (Å²) in [6, 6.07) is 8.71. The topological polar surface area (TPSA) is 26.0 Å². The summed E-state index contributed by atoms with van der Waals surface area (Å²) in [5.41, 5.74) is 7.39. The Morgan fingerprint density at radius 2 is 1.88 bits per heavy atom. The molecule has 0 radical (unpaired) electrons. The zero-order valence-electron chi connectivity index (χ0n) is 10.0. The van der Waals surface area contributed by atoms with Gasteiger partial charge in [0.25, 0.3) is 0 Å². The number of fused-ring (bicyclic) bond motifs is 1. The summed E-state index contributed by atoms with van der Waals surface area (Å²) in [4.78, 5) is 0. The Hall–Kier alpha value is -1.57. The molecule has 1 nitrogen and oxygen atoms in total. The van der Waals surface area contributed by atoms with Crippen LogP contribution in [0, 0.1) is 5.82 Å². The smallest absolute Gasteiger partial charge is 0.131 e. The molecule has 0 spiro atoms. The highest BCUT2D eigenvalue weighted by Crippen LogP contribution is 2.25. The first kappa shape index (κ1) is 12.5. The van der Waals surface area contributed by atoms with Gasteiger partial charge >= 0.3 is 0 Å². The van der Waals surface area contributed by atoms with E-state index < -0.39 is 0 Å². The number of nitrogen functional groups attached to an aromatic ring is 1. The fraction of sp³-hybridized carbons (Fsp3) is 0.286. The van der Waals surface area contributed by atoms with Crippen LogP contribution in [-0.2, 0) is 6.42 Å². The van der Waals surface area contributed by atoms with Crippen molar-refractivity contribution < 1.29 is 4.39 Å². The van der Waals surface area contributed by atoms with Crippen LogP contribution in [0.2, 0.25) is 0 Å². The van der Waals surface area contributed by atoms with Gasteiger partial charge < -0.3 is 5.73 Å². The first-order valence-electron chi connectivity index (χ1n) is 5.69. The third-order valence-electron chi connectivity index (χ3n) is 2.41. The zero-order valence-corrected chi connectivity index (χ0v) is 10.0. The fourth-order valence-corrected chi connectivity index (χ4v) is 1.77. The molecule has 2 aromatic rings. The summed E-state index contributed by atoms with van der Waals surface area (Å²) in [6.45, 7) is 6.00. The van der Waals surface area contributed by atoms with Crippen LogP contribution < -0.4 is 5.73 Å². The Labute approximate surface area is 96.1 Å². The lowest BCUT2D eigenvalue weighted by Gasteiger charge is -2.06. The van der Waals surface area contributed by atoms with Crippen molar-refractivity contribution in [3.05, 3.63) is 41.7 Å². The SMILES string of the molecule is CC.CCc1cc(N)cc2cccc(F)c12. The van der Waals surface area contributed by atoms with E-state index in [1.165, 1.54) is 6.07 Å². The van der Waals surface area contributed by atoms with Crippen molar-refractivity contribution in [2.45, 2.75) is 27.2 Å². The maximum atomic E-state index is 13.5. The van der Waals surface area contributed by atoms with E-state index in [-0.39, 0.29) is 5.82 Å². The lowest BCUT2D eigenvalue weighted by Crippen LogP contribution is -1.92. The van der Waals surface area contributed by atoms with Crippen LogP contribution in [-0.4, -0.2) is 0 Å². The van der Waals surface area contributed by atoms with Gasteiger partial charge in [0, 0.05) is 11.1 Å². The molecule has 0 fully saturated rings. The number of nitrogens with two attached hydrogens (primary N) is 1. The van der Waals surface area contributed by atoms with Crippen molar-refractivity contribution >= 4 is 16.5 Å². The van der Waals surface area contributed by atoms with E-state index in [4.69, 9.17) is 5.73 Å². The number of anilines is 1. The molecule has 0 unspecified atom stereocenters. The largest absolute Gasteiger partial charge is 0.399 e. The van der Waals surface area contributed by atoms with Crippen LogP contribution in [0.1, 0.15) is 26.3 Å². The second kappa shape index (κ2) is 5.50. The van der Waals surface area contributed by atoms with Crippen LogP contribution in [0.15, 0.2) is 30.3 Å². The van der Waals surface area contributed by atoms with E-state index >= 15 is 0 Å². The predicted molar refractivity (Wildman–Crippen MR) is 69.0 cm³/mol. The molecule has 0 aliphatic heterocycles. The van der Waals surface area contributed by atoms with E-state index in [1.54, 1.807) is 12.1 Å². The quantitative estimate of drug-likeness (QED) is 0.716. The first-order chi connectivity index (χ1) is 7.72. The van der Waals surface area contributed by atoms with Crippen molar-refractivity contribution in [1.29, 1.82) is 0 Å². The van der Waals surface area contributed by atoms with E-state index in [0.29, 0.717) is 11.1 Å². The number of benzene rings is 2. The van der Waals surface area contributed by atoms with Crippen molar-refractivity contribution in [3.8, 4) is 0 Å². The molecule has 0 saturated carbocycles. The Balaban J connectivity index is 0.000000606. The third-order valence-corrected chi connectivity index (χ3v) is 2.41. The minimum Gasteiger partial charge on any atom is -0.399 e. The first-order valence-corrected chi connectivity index (χ1v) is 5.69. The monoisotopic (exact) mass is 219 g/mol. The average molecular weight is 219 g/mol. The van der Waals surface area contributed by atoms with Gasteiger partial charge in [-0.3, -0.25) is 0 Å². The number of aryl methyl sites for hydroxylation is 1. The number of halogens is 1. The van der Waals surface area contributed by atoms with Crippen LogP contribution in [0.3, 0.4) is 0 Å². The summed E-state index contributed by atoms with van der Waals surface area (Å²) >= 11 is 0. The fourth-order valence-electron chi connectivity index (χ4n) is 1.77. The summed E-state index contributed by atoms with van der Waals surface area (Å²) in [7, 11) is 0. The lowest BCUT2D eigenvalue weighted by molar-refractivity contribution is 0.639. The van der Waals surface area contributed by atoms with Crippen molar-refractivity contribution in [2.75, 3.05) is 5.73 Å². The molecule has 0 aliphatic rings. The molecule has 0 saturated heterocycles. The molecule has 16 heavy (non-hydrogen) atoms. The van der Waals surface area contributed by atoms with Crippen molar-refractivity contribution in [1.82, 2.24) is 0 Å². The van der Waals surface area contributed by atoms with Gasteiger partial charge in [-0.25, -0.2) is 4.39 Å². The third kappa shape index (κ3) is 2.32. The van der Waals surface area contributed by atoms with E-state index in [9.17, 15) is 4.39 Å².